The van der Waals surface area contributed by atoms with Crippen molar-refractivity contribution >= 4 is 18.0 Å². The van der Waals surface area contributed by atoms with Crippen LogP contribution < -0.4 is 8.42 Å². The third kappa shape index (κ3) is 3.47. The first-order valence-electron chi connectivity index (χ1n) is 8.15. The van der Waals surface area contributed by atoms with Crippen molar-refractivity contribution < 1.29 is 15.5 Å². The molecule has 0 unspecified atom stereocenters. The Bertz CT molecular complexity index is 924. The summed E-state index contributed by atoms with van der Waals surface area (Å²) >= 11 is -2.42. The van der Waals surface area contributed by atoms with Gasteiger partial charge in [0, 0.05) is 0 Å². The number of aromatic nitrogens is 2. The molecule has 4 heteroatoms. The van der Waals surface area contributed by atoms with Gasteiger partial charge in [-0.25, -0.2) is 0 Å². The second-order valence-corrected chi connectivity index (χ2v) is 11.4. The summed E-state index contributed by atoms with van der Waals surface area (Å²) in [6.07, 6.45) is 3.64. The van der Waals surface area contributed by atoms with Gasteiger partial charge in [-0.1, -0.05) is 0 Å². The van der Waals surface area contributed by atoms with Gasteiger partial charge in [0.1, 0.15) is 0 Å². The number of halogens is 1. The molecule has 0 saturated heterocycles. The van der Waals surface area contributed by atoms with Gasteiger partial charge in [-0.2, -0.15) is 0 Å². The van der Waals surface area contributed by atoms with Crippen LogP contribution in [0.25, 0.3) is 22.3 Å². The van der Waals surface area contributed by atoms with E-state index in [1.165, 1.54) is 0 Å². The molecule has 2 aromatic heterocycles. The van der Waals surface area contributed by atoms with E-state index in [9.17, 15) is 0 Å². The molecule has 0 atom stereocenters. The molecule has 130 valence electrons. The Labute approximate surface area is 162 Å². The van der Waals surface area contributed by atoms with Crippen molar-refractivity contribution in [3.8, 4) is 22.3 Å². The maximum atomic E-state index is 7.08. The van der Waals surface area contributed by atoms with Gasteiger partial charge in [0.05, 0.1) is 0 Å². The molecule has 0 aliphatic carbocycles. The van der Waals surface area contributed by atoms with E-state index in [1.54, 1.807) is 0 Å². The van der Waals surface area contributed by atoms with Crippen LogP contribution in [0, 0.1) is 0 Å². The summed E-state index contributed by atoms with van der Waals surface area (Å²) < 4.78 is 1.97. The molecular formula is C22H16ClIrN2. The minimum atomic E-state index is -2.42. The number of pyridine rings is 2. The average Bonchev–Trinajstić information content (AvgIpc) is 2.74. The van der Waals surface area contributed by atoms with Crippen LogP contribution in [-0.2, 0) is 15.5 Å². The summed E-state index contributed by atoms with van der Waals surface area (Å²) in [5.41, 5.74) is 4.47. The fourth-order valence-corrected chi connectivity index (χ4v) is 8.02. The van der Waals surface area contributed by atoms with Crippen molar-refractivity contribution in [1.29, 1.82) is 0 Å². The van der Waals surface area contributed by atoms with Crippen LogP contribution in [0.4, 0.5) is 0 Å². The van der Waals surface area contributed by atoms with E-state index >= 15 is 0 Å². The molecule has 0 aliphatic rings. The van der Waals surface area contributed by atoms with Gasteiger partial charge in [0.2, 0.25) is 0 Å². The first kappa shape index (κ1) is 17.1. The van der Waals surface area contributed by atoms with Gasteiger partial charge in [-0.15, -0.1) is 0 Å². The molecular weight excluding hydrogens is 520 g/mol. The van der Waals surface area contributed by atoms with Crippen LogP contribution in [0.1, 0.15) is 0 Å². The number of nitrogens with zero attached hydrogens (tertiary/aromatic N) is 2. The molecule has 2 heterocycles. The molecule has 2 aromatic carbocycles. The average molecular weight is 536 g/mol. The molecule has 0 saturated carbocycles. The summed E-state index contributed by atoms with van der Waals surface area (Å²) in [5, 5.41) is 0. The summed E-state index contributed by atoms with van der Waals surface area (Å²) in [4.78, 5) is 9.34. The van der Waals surface area contributed by atoms with Crippen LogP contribution in [-0.4, -0.2) is 9.97 Å². The molecule has 0 radical (unpaired) electrons. The number of hydrogen-bond acceptors (Lipinski definition) is 2. The van der Waals surface area contributed by atoms with Gasteiger partial charge in [-0.3, -0.25) is 0 Å². The van der Waals surface area contributed by atoms with Gasteiger partial charge in [-0.05, 0) is 0 Å². The van der Waals surface area contributed by atoms with Crippen LogP contribution in [0.3, 0.4) is 0 Å². The standard InChI is InChI=1S/2C11H8N.ClH.Ir/c2*1-2-5-10(6-3-1)11-7-4-8-12-9-11;;/h2*1-8H;1H;/q;;;+1/p-1. The summed E-state index contributed by atoms with van der Waals surface area (Å²) in [6, 6.07) is 28.7. The minimum absolute atomic E-state index is 0.983. The zero-order valence-electron chi connectivity index (χ0n) is 13.8. The van der Waals surface area contributed by atoms with E-state index in [1.807, 2.05) is 60.9 Å². The number of rotatable bonds is 4. The Morgan fingerprint density at radius 3 is 1.38 bits per heavy atom. The van der Waals surface area contributed by atoms with Crippen molar-refractivity contribution in [1.82, 2.24) is 9.97 Å². The zero-order chi connectivity index (χ0) is 17.8. The normalized spacial score (nSPS) is 11.2. The molecule has 0 fully saturated rings. The maximum absolute atomic E-state index is 7.08. The van der Waals surface area contributed by atoms with Crippen LogP contribution in [0.2, 0.25) is 0 Å². The predicted molar refractivity (Wildman–Crippen MR) is 104 cm³/mol. The third-order valence-corrected chi connectivity index (χ3v) is 9.78. The van der Waals surface area contributed by atoms with Gasteiger partial charge in [0.15, 0.2) is 0 Å². The van der Waals surface area contributed by atoms with Crippen LogP contribution in [0.5, 0.6) is 0 Å². The first-order chi connectivity index (χ1) is 12.8. The molecule has 4 aromatic rings. The van der Waals surface area contributed by atoms with E-state index in [4.69, 9.17) is 9.58 Å². The van der Waals surface area contributed by atoms with Crippen LogP contribution >= 0.6 is 9.58 Å². The van der Waals surface area contributed by atoms with Gasteiger partial charge >= 0.3 is 163 Å². The second kappa shape index (κ2) is 7.92. The molecule has 0 amide bonds. The number of benzene rings is 2. The van der Waals surface area contributed by atoms with E-state index in [0.717, 1.165) is 30.7 Å². The Hall–Kier alpha value is -2.32. The topological polar surface area (TPSA) is 25.8 Å². The van der Waals surface area contributed by atoms with Crippen molar-refractivity contribution in [2.24, 2.45) is 0 Å². The second-order valence-electron chi connectivity index (χ2n) is 5.58. The van der Waals surface area contributed by atoms with E-state index in [0.29, 0.717) is 0 Å². The predicted octanol–water partition coefficient (Wildman–Crippen LogP) is 4.53. The SMILES string of the molecule is [Cl][Ir]([c]1ncccc1-c1ccccc1)[c]1ncccc1-c1ccccc1. The van der Waals surface area contributed by atoms with Crippen LogP contribution in [0.15, 0.2) is 97.3 Å². The summed E-state index contributed by atoms with van der Waals surface area (Å²) in [5.74, 6) is 0. The van der Waals surface area contributed by atoms with Crippen molar-refractivity contribution in [2.75, 3.05) is 0 Å². The molecule has 0 N–H and O–H groups in total. The van der Waals surface area contributed by atoms with E-state index < -0.39 is 15.5 Å². The molecule has 0 bridgehead atoms. The zero-order valence-corrected chi connectivity index (χ0v) is 17.0. The third-order valence-electron chi connectivity index (χ3n) is 3.93. The Balaban J connectivity index is 1.83. The van der Waals surface area contributed by atoms with Crippen molar-refractivity contribution in [2.45, 2.75) is 0 Å². The van der Waals surface area contributed by atoms with Crippen molar-refractivity contribution in [3.63, 3.8) is 0 Å². The fraction of sp³-hybridized carbons (Fsp3) is 0. The van der Waals surface area contributed by atoms with Gasteiger partial charge < -0.3 is 0 Å². The molecule has 2 nitrogen and oxygen atoms in total. The monoisotopic (exact) mass is 536 g/mol. The fourth-order valence-electron chi connectivity index (χ4n) is 2.72. The quantitative estimate of drug-likeness (QED) is 0.384. The molecule has 0 spiro atoms. The molecule has 4 rings (SSSR count). The van der Waals surface area contributed by atoms with E-state index in [2.05, 4.69) is 46.4 Å². The Kier molecular flexibility index (Phi) is 5.21. The van der Waals surface area contributed by atoms with E-state index in [-0.39, 0.29) is 0 Å². The first-order valence-corrected chi connectivity index (χ1v) is 13.5. The Morgan fingerprint density at radius 1 is 0.538 bits per heavy atom. The Morgan fingerprint density at radius 2 is 0.962 bits per heavy atom. The molecule has 0 aliphatic heterocycles. The molecule has 26 heavy (non-hydrogen) atoms. The van der Waals surface area contributed by atoms with Gasteiger partial charge in [0.25, 0.3) is 0 Å². The summed E-state index contributed by atoms with van der Waals surface area (Å²) in [7, 11) is 7.08. The van der Waals surface area contributed by atoms with Crippen molar-refractivity contribution in [3.05, 3.63) is 97.3 Å². The number of hydrogen-bond donors (Lipinski definition) is 0. The summed E-state index contributed by atoms with van der Waals surface area (Å²) in [6.45, 7) is 0.